The van der Waals surface area contributed by atoms with Gasteiger partial charge in [0.15, 0.2) is 5.16 Å². The van der Waals surface area contributed by atoms with Crippen molar-refractivity contribution in [2.75, 3.05) is 12.3 Å². The monoisotopic (exact) mass is 336 g/mol. The second-order valence-corrected chi connectivity index (χ2v) is 7.63. The Kier molecular flexibility index (Phi) is 3.91. The summed E-state index contributed by atoms with van der Waals surface area (Å²) in [4.78, 5) is 12.9. The average Bonchev–Trinajstić information content (AvgIpc) is 2.73. The number of aromatic nitrogens is 3. The molecule has 1 unspecified atom stereocenters. The van der Waals surface area contributed by atoms with Crippen LogP contribution in [0.2, 0.25) is 5.15 Å². The summed E-state index contributed by atoms with van der Waals surface area (Å²) in [5, 5.41) is 0.980. The number of nitrogens with two attached hydrogens (primary N) is 1. The Bertz CT molecular complexity index is 702. The molecule has 0 fully saturated rings. The summed E-state index contributed by atoms with van der Waals surface area (Å²) >= 11 is 7.40. The summed E-state index contributed by atoms with van der Waals surface area (Å²) in [5.41, 5.74) is 7.86. The van der Waals surface area contributed by atoms with Crippen LogP contribution in [0.15, 0.2) is 23.5 Å². The lowest BCUT2D eigenvalue weighted by Crippen LogP contribution is -2.18. The van der Waals surface area contributed by atoms with Gasteiger partial charge in [-0.2, -0.15) is 0 Å². The Morgan fingerprint density at radius 3 is 2.86 bits per heavy atom. The lowest BCUT2D eigenvalue weighted by atomic mass is 9.87. The van der Waals surface area contributed by atoms with Gasteiger partial charge in [-0.05, 0) is 13.0 Å². The van der Waals surface area contributed by atoms with Crippen LogP contribution < -0.4 is 10.5 Å². The van der Waals surface area contributed by atoms with Crippen molar-refractivity contribution in [3.8, 4) is 5.75 Å². The molecule has 22 heavy (non-hydrogen) atoms. The van der Waals surface area contributed by atoms with Crippen molar-refractivity contribution in [1.29, 1.82) is 0 Å². The Labute approximate surface area is 138 Å². The summed E-state index contributed by atoms with van der Waals surface area (Å²) in [6.45, 7) is 7.08. The van der Waals surface area contributed by atoms with E-state index in [0.717, 1.165) is 11.4 Å². The van der Waals surface area contributed by atoms with E-state index in [0.29, 0.717) is 22.7 Å². The number of nitrogens with zero attached hydrogens (tertiary/aromatic N) is 3. The van der Waals surface area contributed by atoms with Gasteiger partial charge in [-0.1, -0.05) is 37.2 Å². The molecule has 2 aromatic rings. The predicted molar refractivity (Wildman–Crippen MR) is 88.5 cm³/mol. The SMILES string of the molecule is CC(Sc1nc(N)cc(Cl)n1)c1cc2c(cn1)OCC2(C)C. The normalized spacial score (nSPS) is 16.9. The summed E-state index contributed by atoms with van der Waals surface area (Å²) in [6.07, 6.45) is 1.80. The molecule has 0 radical (unpaired) electrons. The topological polar surface area (TPSA) is 73.9 Å². The van der Waals surface area contributed by atoms with Crippen molar-refractivity contribution in [2.24, 2.45) is 0 Å². The van der Waals surface area contributed by atoms with Gasteiger partial charge in [0.1, 0.15) is 16.7 Å². The molecule has 116 valence electrons. The number of anilines is 1. The van der Waals surface area contributed by atoms with E-state index in [1.165, 1.54) is 23.4 Å². The first kappa shape index (κ1) is 15.4. The van der Waals surface area contributed by atoms with Gasteiger partial charge in [0.25, 0.3) is 0 Å². The summed E-state index contributed by atoms with van der Waals surface area (Å²) < 4.78 is 5.67. The molecule has 7 heteroatoms. The van der Waals surface area contributed by atoms with E-state index in [1.807, 2.05) is 0 Å². The number of hydrogen-bond acceptors (Lipinski definition) is 6. The lowest BCUT2D eigenvalue weighted by molar-refractivity contribution is 0.290. The van der Waals surface area contributed by atoms with Crippen LogP contribution in [-0.2, 0) is 5.41 Å². The maximum absolute atomic E-state index is 5.92. The molecule has 0 aliphatic carbocycles. The van der Waals surface area contributed by atoms with Gasteiger partial charge in [-0.25, -0.2) is 9.97 Å². The number of nitrogen functional groups attached to an aromatic ring is 1. The van der Waals surface area contributed by atoms with Crippen molar-refractivity contribution in [2.45, 2.75) is 36.6 Å². The van der Waals surface area contributed by atoms with Gasteiger partial charge >= 0.3 is 0 Å². The zero-order chi connectivity index (χ0) is 15.9. The molecular formula is C15H17ClN4OS. The van der Waals surface area contributed by atoms with E-state index in [2.05, 4.69) is 41.8 Å². The first-order chi connectivity index (χ1) is 10.3. The third kappa shape index (κ3) is 2.98. The maximum atomic E-state index is 5.92. The molecule has 1 aliphatic heterocycles. The summed E-state index contributed by atoms with van der Waals surface area (Å²) in [7, 11) is 0. The van der Waals surface area contributed by atoms with Gasteiger partial charge in [0.2, 0.25) is 0 Å². The Hall–Kier alpha value is -1.53. The molecule has 0 spiro atoms. The van der Waals surface area contributed by atoms with Crippen LogP contribution in [-0.4, -0.2) is 21.6 Å². The van der Waals surface area contributed by atoms with Gasteiger partial charge in [0.05, 0.1) is 23.7 Å². The van der Waals surface area contributed by atoms with Crippen molar-refractivity contribution in [3.63, 3.8) is 0 Å². The van der Waals surface area contributed by atoms with E-state index in [9.17, 15) is 0 Å². The fourth-order valence-corrected chi connectivity index (χ4v) is 3.46. The second kappa shape index (κ2) is 5.59. The molecule has 0 saturated heterocycles. The number of thioether (sulfide) groups is 1. The minimum absolute atomic E-state index is 0.00833. The Morgan fingerprint density at radius 1 is 1.36 bits per heavy atom. The smallest absolute Gasteiger partial charge is 0.191 e. The molecule has 3 rings (SSSR count). The van der Waals surface area contributed by atoms with E-state index in [4.69, 9.17) is 22.1 Å². The van der Waals surface area contributed by atoms with Gasteiger partial charge < -0.3 is 10.5 Å². The second-order valence-electron chi connectivity index (χ2n) is 5.94. The molecule has 0 aromatic carbocycles. The number of ether oxygens (including phenoxy) is 1. The van der Waals surface area contributed by atoms with Crippen LogP contribution >= 0.6 is 23.4 Å². The van der Waals surface area contributed by atoms with Crippen LogP contribution in [0.1, 0.15) is 37.3 Å². The quantitative estimate of drug-likeness (QED) is 0.524. The number of pyridine rings is 1. The Morgan fingerprint density at radius 2 is 2.14 bits per heavy atom. The zero-order valence-electron chi connectivity index (χ0n) is 12.6. The van der Waals surface area contributed by atoms with Crippen molar-refractivity contribution < 1.29 is 4.74 Å². The van der Waals surface area contributed by atoms with E-state index in [-0.39, 0.29) is 10.7 Å². The molecule has 1 aliphatic rings. The zero-order valence-corrected chi connectivity index (χ0v) is 14.2. The van der Waals surface area contributed by atoms with Crippen LogP contribution in [0.3, 0.4) is 0 Å². The fourth-order valence-electron chi connectivity index (χ4n) is 2.35. The highest BCUT2D eigenvalue weighted by molar-refractivity contribution is 7.99. The number of fused-ring (bicyclic) bond motifs is 1. The number of hydrogen-bond donors (Lipinski definition) is 1. The molecule has 0 saturated carbocycles. The molecule has 0 amide bonds. The molecule has 2 N–H and O–H groups in total. The first-order valence-electron chi connectivity index (χ1n) is 6.95. The molecule has 0 bridgehead atoms. The third-order valence-corrected chi connectivity index (χ3v) is 4.78. The third-order valence-electron chi connectivity index (χ3n) is 3.60. The summed E-state index contributed by atoms with van der Waals surface area (Å²) in [6, 6.07) is 3.64. The highest BCUT2D eigenvalue weighted by Gasteiger charge is 2.32. The van der Waals surface area contributed by atoms with Crippen molar-refractivity contribution in [3.05, 3.63) is 34.7 Å². The molecule has 1 atom stereocenters. The highest BCUT2D eigenvalue weighted by Crippen LogP contribution is 2.41. The van der Waals surface area contributed by atoms with Crippen LogP contribution in [0.4, 0.5) is 5.82 Å². The Balaban J connectivity index is 1.85. The van der Waals surface area contributed by atoms with Crippen molar-refractivity contribution in [1.82, 2.24) is 15.0 Å². The summed E-state index contributed by atoms with van der Waals surface area (Å²) in [5.74, 6) is 1.24. The highest BCUT2D eigenvalue weighted by atomic mass is 35.5. The minimum atomic E-state index is 0.00833. The van der Waals surface area contributed by atoms with Crippen LogP contribution in [0.5, 0.6) is 5.75 Å². The molecule has 5 nitrogen and oxygen atoms in total. The van der Waals surface area contributed by atoms with Crippen molar-refractivity contribution >= 4 is 29.2 Å². The lowest BCUT2D eigenvalue weighted by Gasteiger charge is -2.17. The molecular weight excluding hydrogens is 320 g/mol. The number of rotatable bonds is 3. The maximum Gasteiger partial charge on any atom is 0.191 e. The molecule has 2 aromatic heterocycles. The minimum Gasteiger partial charge on any atom is -0.491 e. The van der Waals surface area contributed by atoms with Gasteiger partial charge in [0, 0.05) is 17.0 Å². The van der Waals surface area contributed by atoms with Crippen LogP contribution in [0, 0.1) is 0 Å². The van der Waals surface area contributed by atoms with E-state index < -0.39 is 0 Å². The van der Waals surface area contributed by atoms with Crippen LogP contribution in [0.25, 0.3) is 0 Å². The van der Waals surface area contributed by atoms with Gasteiger partial charge in [-0.3, -0.25) is 4.98 Å². The van der Waals surface area contributed by atoms with E-state index >= 15 is 0 Å². The fraction of sp³-hybridized carbons (Fsp3) is 0.400. The standard InChI is InChI=1S/C15H17ClN4OS/c1-8(22-14-19-12(16)5-13(17)20-14)10-4-9-11(6-18-10)21-7-15(9,2)3/h4-6,8H,7H2,1-3H3,(H2,17,19,20). The first-order valence-corrected chi connectivity index (χ1v) is 8.21. The van der Waals surface area contributed by atoms with E-state index in [1.54, 1.807) is 6.20 Å². The number of halogens is 1. The molecule has 3 heterocycles. The largest absolute Gasteiger partial charge is 0.491 e. The predicted octanol–water partition coefficient (Wildman–Crippen LogP) is 3.63. The average molecular weight is 337 g/mol. The van der Waals surface area contributed by atoms with Gasteiger partial charge in [-0.15, -0.1) is 0 Å².